The highest BCUT2D eigenvalue weighted by molar-refractivity contribution is 5.92. The zero-order valence-electron chi connectivity index (χ0n) is 6.20. The molecule has 0 amide bonds. The van der Waals surface area contributed by atoms with Crippen LogP contribution in [0.5, 0.6) is 0 Å². The summed E-state index contributed by atoms with van der Waals surface area (Å²) >= 11 is 0. The third-order valence-electron chi connectivity index (χ3n) is 1.95. The molecule has 0 atom stereocenters. The first-order chi connectivity index (χ1) is 5.93. The van der Waals surface area contributed by atoms with Gasteiger partial charge in [-0.15, -0.1) is 0 Å². The maximum atomic E-state index is 5.23. The molecule has 2 aromatic heterocycles. The van der Waals surface area contributed by atoms with Crippen LogP contribution in [-0.2, 0) is 0 Å². The van der Waals surface area contributed by atoms with E-state index < -0.39 is 0 Å². The summed E-state index contributed by atoms with van der Waals surface area (Å²) in [6.07, 6.45) is 3.23. The minimum absolute atomic E-state index is 0.851. The van der Waals surface area contributed by atoms with Crippen molar-refractivity contribution in [3.05, 3.63) is 36.8 Å². The number of fused-ring (bicyclic) bond motifs is 2. The van der Waals surface area contributed by atoms with Gasteiger partial charge in [-0.3, -0.25) is 0 Å². The van der Waals surface area contributed by atoms with Crippen LogP contribution in [0.3, 0.4) is 0 Å². The molecule has 0 aliphatic carbocycles. The van der Waals surface area contributed by atoms with Gasteiger partial charge in [0.15, 0.2) is 0 Å². The molecule has 0 saturated carbocycles. The molecule has 1 radical (unpaired) electrons. The normalized spacial score (nSPS) is 11.3. The Bertz CT molecular complexity index is 440. The van der Waals surface area contributed by atoms with Crippen molar-refractivity contribution in [1.29, 1.82) is 0 Å². The molecule has 12 heavy (non-hydrogen) atoms. The predicted molar refractivity (Wildman–Crippen MR) is 44.8 cm³/mol. The van der Waals surface area contributed by atoms with E-state index >= 15 is 0 Å². The van der Waals surface area contributed by atoms with Crippen LogP contribution in [-0.4, -0.2) is 0 Å². The van der Waals surface area contributed by atoms with Crippen LogP contribution in [0.1, 0.15) is 0 Å². The molecule has 3 rings (SSSR count). The molecule has 0 aliphatic heterocycles. The van der Waals surface area contributed by atoms with E-state index in [0.29, 0.717) is 0 Å². The summed E-state index contributed by atoms with van der Waals surface area (Å²) in [5, 5.41) is 2.02. The zero-order chi connectivity index (χ0) is 7.97. The third-order valence-corrected chi connectivity index (χ3v) is 1.95. The highest BCUT2D eigenvalue weighted by atomic mass is 16.3. The first-order valence-corrected chi connectivity index (χ1v) is 3.70. The van der Waals surface area contributed by atoms with Crippen LogP contribution >= 0.6 is 0 Å². The van der Waals surface area contributed by atoms with Crippen LogP contribution in [0.2, 0.25) is 0 Å². The molecular formula is C10H5O2. The molecule has 0 aliphatic rings. The molecule has 2 heteroatoms. The second-order valence-electron chi connectivity index (χ2n) is 2.69. The molecule has 0 unspecified atom stereocenters. The Morgan fingerprint density at radius 3 is 3.08 bits per heavy atom. The van der Waals surface area contributed by atoms with Gasteiger partial charge in [-0.25, -0.2) is 0 Å². The molecule has 3 aromatic rings. The molecule has 57 valence electrons. The standard InChI is InChI=1S/C10H5O2/c1-3-11-9-6-8-2-4-12-10(8)5-7(1)9/h1,3-6H. The average molecular weight is 157 g/mol. The topological polar surface area (TPSA) is 26.3 Å². The lowest BCUT2D eigenvalue weighted by Gasteiger charge is -1.87. The van der Waals surface area contributed by atoms with E-state index in [0.717, 1.165) is 21.9 Å². The molecular weight excluding hydrogens is 152 g/mol. The Morgan fingerprint density at radius 1 is 1.08 bits per heavy atom. The van der Waals surface area contributed by atoms with Crippen LogP contribution in [0.25, 0.3) is 21.9 Å². The van der Waals surface area contributed by atoms with Crippen LogP contribution < -0.4 is 0 Å². The summed E-state index contributed by atoms with van der Waals surface area (Å²) in [7, 11) is 0. The molecule has 0 fully saturated rings. The van der Waals surface area contributed by atoms with Crippen molar-refractivity contribution < 1.29 is 8.83 Å². The summed E-state index contributed by atoms with van der Waals surface area (Å²) in [6.45, 7) is 0. The van der Waals surface area contributed by atoms with Gasteiger partial charge in [0.2, 0.25) is 0 Å². The van der Waals surface area contributed by atoms with Gasteiger partial charge in [-0.1, -0.05) is 0 Å². The lowest BCUT2D eigenvalue weighted by Crippen LogP contribution is -1.64. The molecule has 0 bridgehead atoms. The van der Waals surface area contributed by atoms with Crippen LogP contribution in [0, 0.1) is 6.07 Å². The van der Waals surface area contributed by atoms with Gasteiger partial charge in [0.25, 0.3) is 0 Å². The van der Waals surface area contributed by atoms with E-state index in [-0.39, 0.29) is 0 Å². The Hall–Kier alpha value is -1.70. The summed E-state index contributed by atoms with van der Waals surface area (Å²) in [4.78, 5) is 0. The van der Waals surface area contributed by atoms with Gasteiger partial charge >= 0.3 is 0 Å². The van der Waals surface area contributed by atoms with Crippen molar-refractivity contribution in [1.82, 2.24) is 0 Å². The first-order valence-electron chi connectivity index (χ1n) is 3.70. The molecule has 2 heterocycles. The molecule has 0 spiro atoms. The van der Waals surface area contributed by atoms with E-state index in [1.54, 1.807) is 12.5 Å². The molecule has 0 saturated heterocycles. The lowest BCUT2D eigenvalue weighted by atomic mass is 10.2. The fraction of sp³-hybridized carbons (Fsp3) is 0. The highest BCUT2D eigenvalue weighted by Gasteiger charge is 2.01. The van der Waals surface area contributed by atoms with Crippen molar-refractivity contribution in [2.75, 3.05) is 0 Å². The number of rotatable bonds is 0. The van der Waals surface area contributed by atoms with Crippen molar-refractivity contribution in [3.8, 4) is 0 Å². The van der Waals surface area contributed by atoms with Crippen LogP contribution in [0.15, 0.2) is 39.6 Å². The quantitative estimate of drug-likeness (QED) is 0.501. The molecule has 0 N–H and O–H groups in total. The van der Waals surface area contributed by atoms with Gasteiger partial charge in [0.05, 0.1) is 12.5 Å². The molecule has 1 aromatic carbocycles. The third kappa shape index (κ3) is 0.639. The summed E-state index contributed by atoms with van der Waals surface area (Å²) in [5.74, 6) is 0. The van der Waals surface area contributed by atoms with E-state index in [1.165, 1.54) is 0 Å². The number of hydrogen-bond acceptors (Lipinski definition) is 2. The van der Waals surface area contributed by atoms with E-state index in [9.17, 15) is 0 Å². The maximum absolute atomic E-state index is 5.23. The van der Waals surface area contributed by atoms with Gasteiger partial charge < -0.3 is 8.83 Å². The van der Waals surface area contributed by atoms with E-state index in [4.69, 9.17) is 8.83 Å². The van der Waals surface area contributed by atoms with Crippen molar-refractivity contribution in [2.45, 2.75) is 0 Å². The number of furan rings is 2. The monoisotopic (exact) mass is 157 g/mol. The second kappa shape index (κ2) is 1.91. The largest absolute Gasteiger partial charge is 0.464 e. The average Bonchev–Trinajstić information content (AvgIpc) is 2.64. The predicted octanol–water partition coefficient (Wildman–Crippen LogP) is 2.98. The van der Waals surface area contributed by atoms with Gasteiger partial charge in [0.1, 0.15) is 11.2 Å². The maximum Gasteiger partial charge on any atom is 0.135 e. The number of benzene rings is 1. The summed E-state index contributed by atoms with van der Waals surface area (Å²) < 4.78 is 10.4. The smallest absolute Gasteiger partial charge is 0.135 e. The Morgan fingerprint density at radius 2 is 2.08 bits per heavy atom. The highest BCUT2D eigenvalue weighted by Crippen LogP contribution is 2.23. The van der Waals surface area contributed by atoms with E-state index in [1.807, 2.05) is 18.2 Å². The second-order valence-corrected chi connectivity index (χ2v) is 2.69. The zero-order valence-corrected chi connectivity index (χ0v) is 6.20. The minimum Gasteiger partial charge on any atom is -0.464 e. The van der Waals surface area contributed by atoms with Crippen molar-refractivity contribution >= 4 is 21.9 Å². The Kier molecular flexibility index (Phi) is 0.939. The van der Waals surface area contributed by atoms with Gasteiger partial charge in [0, 0.05) is 16.8 Å². The Labute approximate surface area is 68.4 Å². The fourth-order valence-corrected chi connectivity index (χ4v) is 1.36. The summed E-state index contributed by atoms with van der Waals surface area (Å²) in [5.41, 5.74) is 1.73. The minimum atomic E-state index is 0.851. The van der Waals surface area contributed by atoms with E-state index in [2.05, 4.69) is 6.07 Å². The number of hydrogen-bond donors (Lipinski definition) is 0. The Balaban J connectivity index is 2.62. The summed E-state index contributed by atoms with van der Waals surface area (Å²) in [6, 6.07) is 8.76. The fourth-order valence-electron chi connectivity index (χ4n) is 1.36. The van der Waals surface area contributed by atoms with Crippen molar-refractivity contribution in [3.63, 3.8) is 0 Å². The van der Waals surface area contributed by atoms with Crippen molar-refractivity contribution in [2.24, 2.45) is 0 Å². The lowest BCUT2D eigenvalue weighted by molar-refractivity contribution is 0.612. The van der Waals surface area contributed by atoms with Crippen LogP contribution in [0.4, 0.5) is 0 Å². The first kappa shape index (κ1) is 5.89. The van der Waals surface area contributed by atoms with Gasteiger partial charge in [-0.05, 0) is 18.2 Å². The SMILES string of the molecule is [c]1coc2cc3ccoc3cc12. The van der Waals surface area contributed by atoms with Gasteiger partial charge in [-0.2, -0.15) is 0 Å². The molecule has 2 nitrogen and oxygen atoms in total.